The highest BCUT2D eigenvalue weighted by Gasteiger charge is 2.25. The standard InChI is InChI=1S/C22H28N4O2/c23-21-6-9-24-14-20(21)16-3-1-4-17(13-16)22(27)25-18-7-10-26(11-8-18)15-19-5-2-12-28-19/h1,3-4,6,9,13-14,18-19H,2,5,7-8,10-12,15H2,(H2,23,24)(H,25,27)/t19-/m1/s1. The summed E-state index contributed by atoms with van der Waals surface area (Å²) in [6.45, 7) is 3.95. The molecule has 148 valence electrons. The van der Waals surface area contributed by atoms with Crippen molar-refractivity contribution in [3.05, 3.63) is 48.3 Å². The van der Waals surface area contributed by atoms with Crippen LogP contribution in [0, 0.1) is 0 Å². The number of rotatable bonds is 5. The predicted octanol–water partition coefficient (Wildman–Crippen LogP) is 2.70. The lowest BCUT2D eigenvalue weighted by Crippen LogP contribution is -2.46. The molecule has 2 saturated heterocycles. The number of aromatic nitrogens is 1. The number of nitrogens with zero attached hydrogens (tertiary/aromatic N) is 2. The van der Waals surface area contributed by atoms with Gasteiger partial charge in [0.25, 0.3) is 5.91 Å². The normalized spacial score (nSPS) is 20.9. The Morgan fingerprint density at radius 1 is 1.25 bits per heavy atom. The first-order valence-electron chi connectivity index (χ1n) is 10.1. The van der Waals surface area contributed by atoms with Crippen LogP contribution in [0.2, 0.25) is 0 Å². The van der Waals surface area contributed by atoms with Crippen LogP contribution >= 0.6 is 0 Å². The number of ether oxygens (including phenoxy) is 1. The Labute approximate surface area is 166 Å². The molecule has 2 aliphatic heterocycles. The summed E-state index contributed by atoms with van der Waals surface area (Å²) < 4.78 is 5.74. The lowest BCUT2D eigenvalue weighted by molar-refractivity contribution is 0.0613. The number of nitrogen functional groups attached to an aromatic ring is 1. The fraction of sp³-hybridized carbons (Fsp3) is 0.455. The number of nitrogens with two attached hydrogens (primary N) is 1. The number of hydrogen-bond donors (Lipinski definition) is 2. The van der Waals surface area contributed by atoms with Crippen LogP contribution in [0.5, 0.6) is 0 Å². The van der Waals surface area contributed by atoms with Gasteiger partial charge >= 0.3 is 0 Å². The van der Waals surface area contributed by atoms with Gasteiger partial charge in [0, 0.05) is 61.5 Å². The minimum absolute atomic E-state index is 0.0260. The summed E-state index contributed by atoms with van der Waals surface area (Å²) in [5.74, 6) is -0.0260. The van der Waals surface area contributed by atoms with E-state index in [9.17, 15) is 4.79 Å². The largest absolute Gasteiger partial charge is 0.398 e. The molecule has 2 fully saturated rings. The molecule has 1 amide bonds. The minimum Gasteiger partial charge on any atom is -0.398 e. The number of likely N-dealkylation sites (tertiary alicyclic amines) is 1. The zero-order chi connectivity index (χ0) is 19.3. The first kappa shape index (κ1) is 18.9. The summed E-state index contributed by atoms with van der Waals surface area (Å²) in [6, 6.07) is 9.56. The van der Waals surface area contributed by atoms with E-state index in [0.717, 1.165) is 50.2 Å². The van der Waals surface area contributed by atoms with E-state index in [4.69, 9.17) is 10.5 Å². The van der Waals surface area contributed by atoms with Crippen LogP contribution in [0.4, 0.5) is 5.69 Å². The molecule has 0 unspecified atom stereocenters. The van der Waals surface area contributed by atoms with E-state index in [1.807, 2.05) is 24.3 Å². The monoisotopic (exact) mass is 380 g/mol. The predicted molar refractivity (Wildman–Crippen MR) is 110 cm³/mol. The van der Waals surface area contributed by atoms with E-state index in [1.165, 1.54) is 12.8 Å². The van der Waals surface area contributed by atoms with Crippen molar-refractivity contribution in [2.45, 2.75) is 37.8 Å². The highest BCUT2D eigenvalue weighted by atomic mass is 16.5. The van der Waals surface area contributed by atoms with Crippen LogP contribution in [0.15, 0.2) is 42.7 Å². The maximum Gasteiger partial charge on any atom is 0.251 e. The van der Waals surface area contributed by atoms with Gasteiger partial charge in [-0.25, -0.2) is 0 Å². The van der Waals surface area contributed by atoms with Crippen LogP contribution in [-0.4, -0.2) is 54.2 Å². The molecule has 6 heteroatoms. The van der Waals surface area contributed by atoms with Crippen molar-refractivity contribution in [2.75, 3.05) is 32.0 Å². The van der Waals surface area contributed by atoms with Gasteiger partial charge in [0.05, 0.1) is 6.10 Å². The number of carbonyl (C=O) groups is 1. The molecule has 1 aromatic heterocycles. The first-order chi connectivity index (χ1) is 13.7. The highest BCUT2D eigenvalue weighted by molar-refractivity contribution is 5.96. The molecule has 0 spiro atoms. The fourth-order valence-corrected chi connectivity index (χ4v) is 4.08. The molecule has 0 radical (unpaired) electrons. The number of anilines is 1. The van der Waals surface area contributed by atoms with E-state index in [-0.39, 0.29) is 11.9 Å². The van der Waals surface area contributed by atoms with Gasteiger partial charge in [0.2, 0.25) is 0 Å². The summed E-state index contributed by atoms with van der Waals surface area (Å²) in [7, 11) is 0. The van der Waals surface area contributed by atoms with Gasteiger partial charge in [-0.3, -0.25) is 9.78 Å². The zero-order valence-corrected chi connectivity index (χ0v) is 16.1. The van der Waals surface area contributed by atoms with Gasteiger partial charge in [-0.1, -0.05) is 12.1 Å². The average Bonchev–Trinajstić information content (AvgIpc) is 3.23. The van der Waals surface area contributed by atoms with Crippen molar-refractivity contribution in [2.24, 2.45) is 0 Å². The lowest BCUT2D eigenvalue weighted by Gasteiger charge is -2.33. The Kier molecular flexibility index (Phi) is 5.88. The summed E-state index contributed by atoms with van der Waals surface area (Å²) >= 11 is 0. The highest BCUT2D eigenvalue weighted by Crippen LogP contribution is 2.25. The SMILES string of the molecule is Nc1ccncc1-c1cccc(C(=O)NC2CCN(C[C@H]3CCCO3)CC2)c1. The Morgan fingerprint density at radius 3 is 2.86 bits per heavy atom. The lowest BCUT2D eigenvalue weighted by atomic mass is 10.0. The number of amides is 1. The second kappa shape index (κ2) is 8.71. The van der Waals surface area contributed by atoms with E-state index >= 15 is 0 Å². The molecule has 0 aliphatic carbocycles. The summed E-state index contributed by atoms with van der Waals surface area (Å²) in [5, 5.41) is 3.20. The van der Waals surface area contributed by atoms with E-state index in [0.29, 0.717) is 17.4 Å². The van der Waals surface area contributed by atoms with Crippen molar-refractivity contribution >= 4 is 11.6 Å². The van der Waals surface area contributed by atoms with Gasteiger partial charge in [0.1, 0.15) is 0 Å². The molecule has 6 nitrogen and oxygen atoms in total. The van der Waals surface area contributed by atoms with Crippen LogP contribution < -0.4 is 11.1 Å². The third-order valence-corrected chi connectivity index (χ3v) is 5.70. The van der Waals surface area contributed by atoms with Crippen molar-refractivity contribution in [3.8, 4) is 11.1 Å². The number of hydrogen-bond acceptors (Lipinski definition) is 5. The molecule has 1 atom stereocenters. The first-order valence-corrected chi connectivity index (χ1v) is 10.1. The van der Waals surface area contributed by atoms with E-state index in [2.05, 4.69) is 15.2 Å². The van der Waals surface area contributed by atoms with Crippen LogP contribution in [0.25, 0.3) is 11.1 Å². The van der Waals surface area contributed by atoms with Crippen molar-refractivity contribution in [3.63, 3.8) is 0 Å². The van der Waals surface area contributed by atoms with Crippen LogP contribution in [-0.2, 0) is 4.74 Å². The van der Waals surface area contributed by atoms with Gasteiger partial charge in [-0.2, -0.15) is 0 Å². The number of carbonyl (C=O) groups excluding carboxylic acids is 1. The molecule has 0 bridgehead atoms. The summed E-state index contributed by atoms with van der Waals surface area (Å²) in [4.78, 5) is 19.4. The van der Waals surface area contributed by atoms with Crippen LogP contribution in [0.3, 0.4) is 0 Å². The molecule has 28 heavy (non-hydrogen) atoms. The summed E-state index contributed by atoms with van der Waals surface area (Å²) in [6.07, 6.45) is 8.11. The Balaban J connectivity index is 1.33. The molecular formula is C22H28N4O2. The van der Waals surface area contributed by atoms with Gasteiger partial charge in [-0.15, -0.1) is 0 Å². The topological polar surface area (TPSA) is 80.5 Å². The third kappa shape index (κ3) is 4.51. The maximum absolute atomic E-state index is 12.7. The maximum atomic E-state index is 12.7. The molecule has 0 saturated carbocycles. The second-order valence-corrected chi connectivity index (χ2v) is 7.73. The second-order valence-electron chi connectivity index (χ2n) is 7.73. The van der Waals surface area contributed by atoms with Gasteiger partial charge < -0.3 is 20.7 Å². The van der Waals surface area contributed by atoms with E-state index < -0.39 is 0 Å². The molecule has 3 heterocycles. The Hall–Kier alpha value is -2.44. The Bertz CT molecular complexity index is 812. The van der Waals surface area contributed by atoms with Gasteiger partial charge in [0.15, 0.2) is 0 Å². The van der Waals surface area contributed by atoms with Crippen molar-refractivity contribution in [1.82, 2.24) is 15.2 Å². The fourth-order valence-electron chi connectivity index (χ4n) is 4.08. The number of nitrogens with one attached hydrogen (secondary N) is 1. The average molecular weight is 380 g/mol. The minimum atomic E-state index is -0.0260. The Morgan fingerprint density at radius 2 is 2.11 bits per heavy atom. The van der Waals surface area contributed by atoms with Crippen molar-refractivity contribution < 1.29 is 9.53 Å². The molecule has 3 N–H and O–H groups in total. The number of benzene rings is 1. The smallest absolute Gasteiger partial charge is 0.251 e. The molecule has 2 aromatic rings. The van der Waals surface area contributed by atoms with Gasteiger partial charge in [-0.05, 0) is 49.4 Å². The zero-order valence-electron chi connectivity index (χ0n) is 16.1. The third-order valence-electron chi connectivity index (χ3n) is 5.70. The quantitative estimate of drug-likeness (QED) is 0.834. The van der Waals surface area contributed by atoms with E-state index in [1.54, 1.807) is 18.5 Å². The summed E-state index contributed by atoms with van der Waals surface area (Å²) in [5.41, 5.74) is 9.11. The number of piperidine rings is 1. The molecule has 1 aromatic carbocycles. The number of pyridine rings is 1. The molecule has 2 aliphatic rings. The van der Waals surface area contributed by atoms with Crippen LogP contribution in [0.1, 0.15) is 36.0 Å². The van der Waals surface area contributed by atoms with Crippen molar-refractivity contribution in [1.29, 1.82) is 0 Å². The molecular weight excluding hydrogens is 352 g/mol. The molecule has 4 rings (SSSR count).